The summed E-state index contributed by atoms with van der Waals surface area (Å²) in [5.74, 6) is 0. The van der Waals surface area contributed by atoms with Gasteiger partial charge in [0.15, 0.2) is 0 Å². The maximum absolute atomic E-state index is 4.09. The van der Waals surface area contributed by atoms with Crippen molar-refractivity contribution in [3.8, 4) is 0 Å². The average Bonchev–Trinajstić information content (AvgIpc) is 2.14. The highest BCUT2D eigenvalue weighted by molar-refractivity contribution is 5.85. The predicted molar refractivity (Wildman–Crippen MR) is 70.2 cm³/mol. The van der Waals surface area contributed by atoms with Crippen LogP contribution in [-0.4, -0.2) is 30.5 Å². The number of hydrogen-bond donors (Lipinski definition) is 0. The molecule has 0 atom stereocenters. The van der Waals surface area contributed by atoms with Gasteiger partial charge in [-0.3, -0.25) is 4.98 Å². The summed E-state index contributed by atoms with van der Waals surface area (Å²) < 4.78 is 0. The summed E-state index contributed by atoms with van der Waals surface area (Å²) in [7, 11) is 4.23. The van der Waals surface area contributed by atoms with Crippen LogP contribution in [0.5, 0.6) is 0 Å². The van der Waals surface area contributed by atoms with Gasteiger partial charge in [0, 0.05) is 12.4 Å². The summed E-state index contributed by atoms with van der Waals surface area (Å²) in [4.78, 5) is 6.31. The van der Waals surface area contributed by atoms with Crippen LogP contribution in [0.2, 0.25) is 0 Å². The van der Waals surface area contributed by atoms with E-state index in [1.165, 1.54) is 24.9 Å². The molecule has 1 aromatic heterocycles. The molecule has 1 rings (SSSR count). The molecule has 15 heavy (non-hydrogen) atoms. The number of nitrogens with zero attached hydrogens (tertiary/aromatic N) is 2. The molecular formula is C11H20Cl2N2. The maximum atomic E-state index is 4.09. The zero-order chi connectivity index (χ0) is 9.52. The van der Waals surface area contributed by atoms with Crippen LogP contribution in [-0.2, 0) is 6.42 Å². The molecular weight excluding hydrogens is 231 g/mol. The molecule has 0 aliphatic heterocycles. The van der Waals surface area contributed by atoms with Gasteiger partial charge in [0.1, 0.15) is 0 Å². The molecule has 0 saturated heterocycles. The van der Waals surface area contributed by atoms with Crippen LogP contribution < -0.4 is 0 Å². The van der Waals surface area contributed by atoms with E-state index in [0.717, 1.165) is 6.42 Å². The Bertz CT molecular complexity index is 227. The number of aryl methyl sites for hydroxylation is 1. The highest BCUT2D eigenvalue weighted by atomic mass is 35.5. The lowest BCUT2D eigenvalue weighted by Crippen LogP contribution is -2.12. The lowest BCUT2D eigenvalue weighted by Gasteiger charge is -2.08. The highest BCUT2D eigenvalue weighted by Gasteiger charge is 1.93. The fourth-order valence-electron chi connectivity index (χ4n) is 1.30. The van der Waals surface area contributed by atoms with E-state index in [0.29, 0.717) is 0 Å². The number of hydrogen-bond acceptors (Lipinski definition) is 2. The summed E-state index contributed by atoms with van der Waals surface area (Å²) in [6.07, 6.45) is 7.45. The van der Waals surface area contributed by atoms with E-state index in [9.17, 15) is 0 Å². The number of halogens is 2. The van der Waals surface area contributed by atoms with Crippen LogP contribution >= 0.6 is 24.8 Å². The minimum Gasteiger partial charge on any atom is -0.309 e. The van der Waals surface area contributed by atoms with E-state index in [1.54, 1.807) is 0 Å². The van der Waals surface area contributed by atoms with Gasteiger partial charge in [0.25, 0.3) is 0 Å². The molecule has 0 aliphatic rings. The molecule has 0 spiro atoms. The van der Waals surface area contributed by atoms with Crippen LogP contribution in [0.3, 0.4) is 0 Å². The lowest BCUT2D eigenvalue weighted by molar-refractivity contribution is 0.394. The third kappa shape index (κ3) is 8.67. The molecule has 0 aliphatic carbocycles. The van der Waals surface area contributed by atoms with Crippen molar-refractivity contribution in [3.63, 3.8) is 0 Å². The van der Waals surface area contributed by atoms with Crippen LogP contribution in [0.25, 0.3) is 0 Å². The second-order valence-electron chi connectivity index (χ2n) is 3.62. The smallest absolute Gasteiger partial charge is 0.0299 e. The van der Waals surface area contributed by atoms with Crippen molar-refractivity contribution >= 4 is 24.8 Å². The quantitative estimate of drug-likeness (QED) is 0.748. The van der Waals surface area contributed by atoms with E-state index in [-0.39, 0.29) is 24.8 Å². The van der Waals surface area contributed by atoms with E-state index in [4.69, 9.17) is 0 Å². The van der Waals surface area contributed by atoms with Crippen molar-refractivity contribution in [2.45, 2.75) is 19.3 Å². The van der Waals surface area contributed by atoms with Crippen molar-refractivity contribution in [2.75, 3.05) is 20.6 Å². The lowest BCUT2D eigenvalue weighted by atomic mass is 10.1. The zero-order valence-corrected chi connectivity index (χ0v) is 11.0. The molecule has 4 heteroatoms. The number of rotatable bonds is 5. The van der Waals surface area contributed by atoms with Gasteiger partial charge in [-0.2, -0.15) is 0 Å². The van der Waals surface area contributed by atoms with Crippen LogP contribution in [0.1, 0.15) is 18.4 Å². The van der Waals surface area contributed by atoms with Crippen LogP contribution in [0.4, 0.5) is 0 Å². The van der Waals surface area contributed by atoms with E-state index < -0.39 is 0 Å². The minimum atomic E-state index is 0. The fourth-order valence-corrected chi connectivity index (χ4v) is 1.30. The normalized spacial score (nSPS) is 9.27. The predicted octanol–water partition coefficient (Wildman–Crippen LogP) is 2.81. The SMILES string of the molecule is CN(C)CCCCc1cccnc1.Cl.Cl. The van der Waals surface area contributed by atoms with Crippen molar-refractivity contribution in [3.05, 3.63) is 30.1 Å². The van der Waals surface area contributed by atoms with Crippen molar-refractivity contribution in [2.24, 2.45) is 0 Å². The molecule has 0 aromatic carbocycles. The van der Waals surface area contributed by atoms with Gasteiger partial charge in [0.2, 0.25) is 0 Å². The minimum absolute atomic E-state index is 0. The third-order valence-corrected chi connectivity index (χ3v) is 2.04. The van der Waals surface area contributed by atoms with Crippen molar-refractivity contribution < 1.29 is 0 Å². The Balaban J connectivity index is 0. The second kappa shape index (κ2) is 10.2. The Morgan fingerprint density at radius 1 is 1.20 bits per heavy atom. The summed E-state index contributed by atoms with van der Waals surface area (Å²) in [5.41, 5.74) is 1.35. The first-order valence-corrected chi connectivity index (χ1v) is 4.82. The molecule has 0 amide bonds. The van der Waals surface area contributed by atoms with Gasteiger partial charge in [-0.1, -0.05) is 6.07 Å². The standard InChI is InChI=1S/C11H18N2.2ClH/c1-13(2)9-4-3-6-11-7-5-8-12-10-11;;/h5,7-8,10H,3-4,6,9H2,1-2H3;2*1H. The Morgan fingerprint density at radius 3 is 2.47 bits per heavy atom. The average molecular weight is 251 g/mol. The molecule has 1 aromatic rings. The number of aromatic nitrogens is 1. The fraction of sp³-hybridized carbons (Fsp3) is 0.545. The zero-order valence-electron chi connectivity index (χ0n) is 9.35. The monoisotopic (exact) mass is 250 g/mol. The molecule has 0 N–H and O–H groups in total. The molecule has 0 unspecified atom stereocenters. The Morgan fingerprint density at radius 2 is 1.93 bits per heavy atom. The van der Waals surface area contributed by atoms with E-state index in [2.05, 4.69) is 30.0 Å². The van der Waals surface area contributed by atoms with Gasteiger partial charge in [0.05, 0.1) is 0 Å². The van der Waals surface area contributed by atoms with Crippen LogP contribution in [0.15, 0.2) is 24.5 Å². The Kier molecular flexibility index (Phi) is 11.6. The van der Waals surface area contributed by atoms with Gasteiger partial charge in [-0.15, -0.1) is 24.8 Å². The number of unbranched alkanes of at least 4 members (excludes halogenated alkanes) is 1. The first-order chi connectivity index (χ1) is 6.29. The summed E-state index contributed by atoms with van der Waals surface area (Å²) in [5, 5.41) is 0. The van der Waals surface area contributed by atoms with Crippen molar-refractivity contribution in [1.29, 1.82) is 0 Å². The van der Waals surface area contributed by atoms with Gasteiger partial charge in [-0.25, -0.2) is 0 Å². The van der Waals surface area contributed by atoms with Gasteiger partial charge < -0.3 is 4.90 Å². The third-order valence-electron chi connectivity index (χ3n) is 2.04. The summed E-state index contributed by atoms with van der Waals surface area (Å²) in [6.45, 7) is 1.18. The Labute approximate surface area is 105 Å². The topological polar surface area (TPSA) is 16.1 Å². The van der Waals surface area contributed by atoms with Crippen molar-refractivity contribution in [1.82, 2.24) is 9.88 Å². The second-order valence-corrected chi connectivity index (χ2v) is 3.62. The summed E-state index contributed by atoms with van der Waals surface area (Å²) >= 11 is 0. The Hall–Kier alpha value is -0.310. The number of pyridine rings is 1. The maximum Gasteiger partial charge on any atom is 0.0299 e. The van der Waals surface area contributed by atoms with E-state index in [1.807, 2.05) is 18.5 Å². The highest BCUT2D eigenvalue weighted by Crippen LogP contribution is 2.02. The molecule has 88 valence electrons. The molecule has 0 radical (unpaired) electrons. The molecule has 0 saturated carbocycles. The first kappa shape index (κ1) is 17.1. The van der Waals surface area contributed by atoms with Crippen LogP contribution in [0, 0.1) is 0 Å². The largest absolute Gasteiger partial charge is 0.309 e. The molecule has 0 fully saturated rings. The molecule has 1 heterocycles. The van der Waals surface area contributed by atoms with E-state index >= 15 is 0 Å². The van der Waals surface area contributed by atoms with Gasteiger partial charge >= 0.3 is 0 Å². The van der Waals surface area contributed by atoms with Gasteiger partial charge in [-0.05, 0) is 51.5 Å². The summed E-state index contributed by atoms with van der Waals surface area (Å²) in [6, 6.07) is 4.14. The molecule has 2 nitrogen and oxygen atoms in total. The molecule has 0 bridgehead atoms. The first-order valence-electron chi connectivity index (χ1n) is 4.82.